The van der Waals surface area contributed by atoms with Crippen molar-refractivity contribution in [3.05, 3.63) is 83.8 Å². The molecule has 2 N–H and O–H groups in total. The van der Waals surface area contributed by atoms with Crippen molar-refractivity contribution in [1.82, 2.24) is 5.32 Å². The highest BCUT2D eigenvalue weighted by atomic mass is 16.5. The highest BCUT2D eigenvalue weighted by Gasteiger charge is 2.24. The van der Waals surface area contributed by atoms with Crippen molar-refractivity contribution in [2.45, 2.75) is 12.5 Å². The van der Waals surface area contributed by atoms with Gasteiger partial charge in [-0.3, -0.25) is 9.59 Å². The molecule has 1 aliphatic rings. The molecular weight excluding hydrogens is 344 g/mol. The zero-order valence-electron chi connectivity index (χ0n) is 14.5. The fourth-order valence-corrected chi connectivity index (χ4v) is 3.11. The van der Waals surface area contributed by atoms with Crippen LogP contribution in [0, 0.1) is 0 Å². The summed E-state index contributed by atoms with van der Waals surface area (Å²) in [4.78, 5) is 25.1. The van der Waals surface area contributed by atoms with Gasteiger partial charge in [-0.15, -0.1) is 0 Å². The van der Waals surface area contributed by atoms with Gasteiger partial charge in [-0.1, -0.05) is 30.3 Å². The number of hydrogen-bond acceptors (Lipinski definition) is 4. The van der Waals surface area contributed by atoms with Crippen LogP contribution in [-0.4, -0.2) is 18.4 Å². The third-order valence-electron chi connectivity index (χ3n) is 4.43. The summed E-state index contributed by atoms with van der Waals surface area (Å²) in [7, 11) is 0. The minimum absolute atomic E-state index is 0.142. The molecule has 2 aromatic carbocycles. The standard InChI is InChI=1S/C21H18N2O4/c24-20(22-17-11-13-27-18-9-4-2-6-14(17)18)15-7-1-3-8-16(15)23-21(25)19-10-5-12-26-19/h1-10,12,17H,11,13H2,(H,22,24)(H,23,25). The van der Waals surface area contributed by atoms with Gasteiger partial charge in [-0.25, -0.2) is 0 Å². The smallest absolute Gasteiger partial charge is 0.291 e. The molecule has 0 aliphatic carbocycles. The molecule has 1 aromatic heterocycles. The van der Waals surface area contributed by atoms with E-state index in [9.17, 15) is 9.59 Å². The Kier molecular flexibility index (Phi) is 4.61. The maximum absolute atomic E-state index is 12.9. The topological polar surface area (TPSA) is 80.6 Å². The van der Waals surface area contributed by atoms with Crippen LogP contribution in [0.15, 0.2) is 71.3 Å². The van der Waals surface area contributed by atoms with Crippen LogP contribution in [0.4, 0.5) is 5.69 Å². The number of para-hydroxylation sites is 2. The average Bonchev–Trinajstić information content (AvgIpc) is 3.24. The van der Waals surface area contributed by atoms with Crippen LogP contribution < -0.4 is 15.4 Å². The Morgan fingerprint density at radius 1 is 0.926 bits per heavy atom. The molecule has 1 unspecified atom stereocenters. The van der Waals surface area contributed by atoms with E-state index in [0.717, 1.165) is 11.3 Å². The zero-order chi connectivity index (χ0) is 18.6. The quantitative estimate of drug-likeness (QED) is 0.740. The van der Waals surface area contributed by atoms with Crippen LogP contribution in [0.5, 0.6) is 5.75 Å². The molecule has 27 heavy (non-hydrogen) atoms. The Morgan fingerprint density at radius 3 is 2.59 bits per heavy atom. The number of anilines is 1. The number of amides is 2. The molecule has 2 amide bonds. The third-order valence-corrected chi connectivity index (χ3v) is 4.43. The minimum Gasteiger partial charge on any atom is -0.493 e. The first-order valence-electron chi connectivity index (χ1n) is 8.69. The Bertz CT molecular complexity index is 966. The molecule has 0 saturated carbocycles. The summed E-state index contributed by atoms with van der Waals surface area (Å²) in [6, 6.07) is 17.6. The summed E-state index contributed by atoms with van der Waals surface area (Å²) in [5, 5.41) is 5.78. The largest absolute Gasteiger partial charge is 0.493 e. The third kappa shape index (κ3) is 3.55. The van der Waals surface area contributed by atoms with E-state index in [2.05, 4.69) is 10.6 Å². The summed E-state index contributed by atoms with van der Waals surface area (Å²) in [6.07, 6.45) is 2.11. The molecule has 1 atom stereocenters. The Morgan fingerprint density at radius 2 is 1.74 bits per heavy atom. The second-order valence-electron chi connectivity index (χ2n) is 6.18. The second kappa shape index (κ2) is 7.37. The zero-order valence-corrected chi connectivity index (χ0v) is 14.5. The lowest BCUT2D eigenvalue weighted by Gasteiger charge is -2.27. The predicted octanol–water partition coefficient (Wildman–Crippen LogP) is 3.79. The SMILES string of the molecule is O=C(Nc1ccccc1C(=O)NC1CCOc2ccccc21)c1ccco1. The fourth-order valence-electron chi connectivity index (χ4n) is 3.11. The first-order valence-corrected chi connectivity index (χ1v) is 8.69. The van der Waals surface area contributed by atoms with Crippen molar-refractivity contribution in [1.29, 1.82) is 0 Å². The molecule has 0 fully saturated rings. The first kappa shape index (κ1) is 16.9. The molecule has 6 nitrogen and oxygen atoms in total. The fraction of sp³-hybridized carbons (Fsp3) is 0.143. The number of fused-ring (bicyclic) bond motifs is 1. The van der Waals surface area contributed by atoms with E-state index < -0.39 is 5.91 Å². The van der Waals surface area contributed by atoms with Crippen LogP contribution in [0.3, 0.4) is 0 Å². The first-order chi connectivity index (χ1) is 13.2. The molecule has 4 rings (SSSR count). The summed E-state index contributed by atoms with van der Waals surface area (Å²) in [6.45, 7) is 0.541. The van der Waals surface area contributed by atoms with Crippen LogP contribution >= 0.6 is 0 Å². The molecule has 0 radical (unpaired) electrons. The summed E-state index contributed by atoms with van der Waals surface area (Å²) < 4.78 is 10.7. The van der Waals surface area contributed by atoms with E-state index in [1.165, 1.54) is 6.26 Å². The van der Waals surface area contributed by atoms with E-state index in [0.29, 0.717) is 24.3 Å². The highest BCUT2D eigenvalue weighted by Crippen LogP contribution is 2.32. The van der Waals surface area contributed by atoms with Crippen LogP contribution in [0.1, 0.15) is 38.9 Å². The second-order valence-corrected chi connectivity index (χ2v) is 6.18. The molecule has 3 aromatic rings. The maximum atomic E-state index is 12.9. The molecular formula is C21H18N2O4. The van der Waals surface area contributed by atoms with Gasteiger partial charge in [0.05, 0.1) is 30.2 Å². The van der Waals surface area contributed by atoms with Crippen LogP contribution in [-0.2, 0) is 0 Å². The molecule has 0 bridgehead atoms. The van der Waals surface area contributed by atoms with E-state index in [4.69, 9.17) is 9.15 Å². The number of hydrogen-bond donors (Lipinski definition) is 2. The van der Waals surface area contributed by atoms with Crippen molar-refractivity contribution >= 4 is 17.5 Å². The van der Waals surface area contributed by atoms with Gasteiger partial charge in [0.25, 0.3) is 11.8 Å². The van der Waals surface area contributed by atoms with Crippen LogP contribution in [0.2, 0.25) is 0 Å². The lowest BCUT2D eigenvalue weighted by Crippen LogP contribution is -2.32. The molecule has 0 spiro atoms. The maximum Gasteiger partial charge on any atom is 0.291 e. The van der Waals surface area contributed by atoms with Crippen molar-refractivity contribution in [3.63, 3.8) is 0 Å². The van der Waals surface area contributed by atoms with Gasteiger partial charge in [-0.2, -0.15) is 0 Å². The normalized spacial score (nSPS) is 15.3. The Balaban J connectivity index is 1.54. The number of rotatable bonds is 4. The van der Waals surface area contributed by atoms with Gasteiger partial charge in [-0.05, 0) is 30.3 Å². The number of ether oxygens (including phenoxy) is 1. The van der Waals surface area contributed by atoms with Crippen LogP contribution in [0.25, 0.3) is 0 Å². The summed E-state index contributed by atoms with van der Waals surface area (Å²) >= 11 is 0. The highest BCUT2D eigenvalue weighted by molar-refractivity contribution is 6.07. The number of nitrogens with one attached hydrogen (secondary N) is 2. The van der Waals surface area contributed by atoms with E-state index >= 15 is 0 Å². The van der Waals surface area contributed by atoms with Gasteiger partial charge in [0.1, 0.15) is 5.75 Å². The van der Waals surface area contributed by atoms with E-state index in [1.807, 2.05) is 24.3 Å². The summed E-state index contributed by atoms with van der Waals surface area (Å²) in [5.41, 5.74) is 1.77. The Hall–Kier alpha value is -3.54. The van der Waals surface area contributed by atoms with Gasteiger partial charge in [0.2, 0.25) is 0 Å². The van der Waals surface area contributed by atoms with Gasteiger partial charge >= 0.3 is 0 Å². The molecule has 6 heteroatoms. The Labute approximate surface area is 156 Å². The molecule has 2 heterocycles. The van der Waals surface area contributed by atoms with Gasteiger partial charge in [0.15, 0.2) is 5.76 Å². The lowest BCUT2D eigenvalue weighted by molar-refractivity contribution is 0.0925. The number of furan rings is 1. The number of carbonyl (C=O) groups is 2. The van der Waals surface area contributed by atoms with Gasteiger partial charge in [0, 0.05) is 12.0 Å². The average molecular weight is 362 g/mol. The minimum atomic E-state index is -0.406. The molecule has 136 valence electrons. The number of carbonyl (C=O) groups excluding carboxylic acids is 2. The molecule has 0 saturated heterocycles. The lowest BCUT2D eigenvalue weighted by atomic mass is 10.00. The molecule has 1 aliphatic heterocycles. The monoisotopic (exact) mass is 362 g/mol. The van der Waals surface area contributed by atoms with Crippen molar-refractivity contribution in [2.75, 3.05) is 11.9 Å². The van der Waals surface area contributed by atoms with Crippen molar-refractivity contribution in [2.24, 2.45) is 0 Å². The van der Waals surface area contributed by atoms with Crippen molar-refractivity contribution < 1.29 is 18.7 Å². The number of benzene rings is 2. The van der Waals surface area contributed by atoms with E-state index in [1.54, 1.807) is 36.4 Å². The predicted molar refractivity (Wildman–Crippen MR) is 99.9 cm³/mol. The van der Waals surface area contributed by atoms with Gasteiger partial charge < -0.3 is 19.8 Å². The van der Waals surface area contributed by atoms with Crippen molar-refractivity contribution in [3.8, 4) is 5.75 Å². The van der Waals surface area contributed by atoms with E-state index in [-0.39, 0.29) is 17.7 Å². The summed E-state index contributed by atoms with van der Waals surface area (Å²) in [5.74, 6) is 0.306.